The average molecular weight is 165 g/mol. The van der Waals surface area contributed by atoms with Crippen molar-refractivity contribution in [1.29, 1.82) is 0 Å². The van der Waals surface area contributed by atoms with E-state index in [2.05, 4.69) is 11.3 Å². The van der Waals surface area contributed by atoms with Crippen LogP contribution in [0.15, 0.2) is 11.6 Å². The first-order chi connectivity index (χ1) is 4.59. The maximum atomic E-state index is 10.6. The lowest BCUT2D eigenvalue weighted by Crippen LogP contribution is -2.22. The van der Waals surface area contributed by atoms with Gasteiger partial charge in [0, 0.05) is 0 Å². The minimum atomic E-state index is -1.40. The highest BCUT2D eigenvalue weighted by molar-refractivity contribution is 6.31. The van der Waals surface area contributed by atoms with Crippen molar-refractivity contribution in [1.82, 2.24) is 0 Å². The van der Waals surface area contributed by atoms with E-state index in [0.29, 0.717) is 0 Å². The van der Waals surface area contributed by atoms with Gasteiger partial charge in [-0.3, -0.25) is 0 Å². The van der Waals surface area contributed by atoms with E-state index in [1.165, 1.54) is 0 Å². The van der Waals surface area contributed by atoms with Crippen molar-refractivity contribution in [2.24, 2.45) is 0 Å². The van der Waals surface area contributed by atoms with E-state index in [1.54, 1.807) is 6.92 Å². The zero-order valence-corrected chi connectivity index (χ0v) is 6.39. The summed E-state index contributed by atoms with van der Waals surface area (Å²) in [5.41, 5.74) is 0. The molecule has 0 saturated carbocycles. The molecular weight excluding hydrogens is 156 g/mol. The minimum Gasteiger partial charge on any atom is -0.464 e. The van der Waals surface area contributed by atoms with Crippen LogP contribution in [0.5, 0.6) is 0 Å². The monoisotopic (exact) mass is 164 g/mol. The molecule has 0 spiro atoms. The van der Waals surface area contributed by atoms with E-state index in [9.17, 15) is 4.79 Å². The van der Waals surface area contributed by atoms with Crippen molar-refractivity contribution < 1.29 is 14.6 Å². The standard InChI is InChI=1S/C6H9ClO3/c1-3-10-6(9)5(8)4(2)7/h5,8H,2-3H2,1H3. The smallest absolute Gasteiger partial charge is 0.340 e. The summed E-state index contributed by atoms with van der Waals surface area (Å²) in [7, 11) is 0. The number of carbonyl (C=O) groups excluding carboxylic acids is 1. The van der Waals surface area contributed by atoms with Crippen LogP contribution in [0.25, 0.3) is 0 Å². The Bertz CT molecular complexity index is 144. The van der Waals surface area contributed by atoms with Crippen LogP contribution in [-0.2, 0) is 9.53 Å². The number of hydrogen-bond acceptors (Lipinski definition) is 3. The molecule has 0 radical (unpaired) electrons. The number of esters is 1. The molecule has 0 fully saturated rings. The van der Waals surface area contributed by atoms with Crippen LogP contribution < -0.4 is 0 Å². The third-order valence-corrected chi connectivity index (χ3v) is 1.01. The fourth-order valence-electron chi connectivity index (χ4n) is 0.349. The van der Waals surface area contributed by atoms with E-state index in [0.717, 1.165) is 0 Å². The van der Waals surface area contributed by atoms with E-state index >= 15 is 0 Å². The maximum Gasteiger partial charge on any atom is 0.340 e. The Morgan fingerprint density at radius 1 is 1.90 bits per heavy atom. The van der Waals surface area contributed by atoms with Crippen molar-refractivity contribution in [2.45, 2.75) is 13.0 Å². The molecule has 0 aromatic heterocycles. The normalized spacial score (nSPS) is 12.3. The summed E-state index contributed by atoms with van der Waals surface area (Å²) in [5.74, 6) is -0.762. The molecule has 0 aliphatic carbocycles. The van der Waals surface area contributed by atoms with Gasteiger partial charge in [-0.2, -0.15) is 0 Å². The number of carbonyl (C=O) groups is 1. The predicted molar refractivity (Wildman–Crippen MR) is 37.6 cm³/mol. The second kappa shape index (κ2) is 4.30. The zero-order valence-electron chi connectivity index (χ0n) is 5.63. The average Bonchev–Trinajstić information content (AvgIpc) is 1.87. The number of aliphatic hydroxyl groups is 1. The zero-order chi connectivity index (χ0) is 8.15. The highest BCUT2D eigenvalue weighted by atomic mass is 35.5. The quantitative estimate of drug-likeness (QED) is 0.624. The van der Waals surface area contributed by atoms with E-state index in [4.69, 9.17) is 16.7 Å². The van der Waals surface area contributed by atoms with Crippen molar-refractivity contribution in [3.63, 3.8) is 0 Å². The molecule has 1 N–H and O–H groups in total. The molecule has 0 aliphatic heterocycles. The summed E-state index contributed by atoms with van der Waals surface area (Å²) < 4.78 is 4.43. The van der Waals surface area contributed by atoms with Crippen molar-refractivity contribution in [2.75, 3.05) is 6.61 Å². The van der Waals surface area contributed by atoms with Crippen LogP contribution in [0, 0.1) is 0 Å². The van der Waals surface area contributed by atoms with Crippen LogP contribution in [0.4, 0.5) is 0 Å². The van der Waals surface area contributed by atoms with Gasteiger partial charge in [-0.15, -0.1) is 0 Å². The van der Waals surface area contributed by atoms with Crippen molar-refractivity contribution in [3.05, 3.63) is 11.6 Å². The summed E-state index contributed by atoms with van der Waals surface area (Å²) in [6.45, 7) is 5.04. The molecule has 0 amide bonds. The molecular formula is C6H9ClO3. The van der Waals surface area contributed by atoms with Gasteiger partial charge < -0.3 is 9.84 Å². The summed E-state index contributed by atoms with van der Waals surface area (Å²) >= 11 is 5.21. The molecule has 3 nitrogen and oxygen atoms in total. The van der Waals surface area contributed by atoms with E-state index in [1.807, 2.05) is 0 Å². The van der Waals surface area contributed by atoms with Gasteiger partial charge in [0.1, 0.15) is 0 Å². The lowest BCUT2D eigenvalue weighted by atomic mass is 10.3. The molecule has 0 rings (SSSR count). The number of rotatable bonds is 3. The van der Waals surface area contributed by atoms with Crippen LogP contribution in [0.2, 0.25) is 0 Å². The largest absolute Gasteiger partial charge is 0.464 e. The summed E-state index contributed by atoms with van der Waals surface area (Å²) in [4.78, 5) is 10.6. The van der Waals surface area contributed by atoms with Gasteiger partial charge >= 0.3 is 5.97 Å². The molecule has 58 valence electrons. The molecule has 0 bridgehead atoms. The molecule has 0 aromatic carbocycles. The fraction of sp³-hybridized carbons (Fsp3) is 0.500. The van der Waals surface area contributed by atoms with Crippen LogP contribution in [0.1, 0.15) is 6.92 Å². The number of aliphatic hydroxyl groups excluding tert-OH is 1. The van der Waals surface area contributed by atoms with Crippen LogP contribution in [-0.4, -0.2) is 23.8 Å². The van der Waals surface area contributed by atoms with Gasteiger partial charge in [0.15, 0.2) is 6.10 Å². The Labute approximate surface area is 64.2 Å². The van der Waals surface area contributed by atoms with Gasteiger partial charge in [0.2, 0.25) is 0 Å². The Kier molecular flexibility index (Phi) is 4.07. The second-order valence-electron chi connectivity index (χ2n) is 1.60. The third-order valence-electron chi connectivity index (χ3n) is 0.807. The minimum absolute atomic E-state index is 0.126. The van der Waals surface area contributed by atoms with Gasteiger partial charge in [0.25, 0.3) is 0 Å². The third kappa shape index (κ3) is 2.85. The van der Waals surface area contributed by atoms with Crippen molar-refractivity contribution in [3.8, 4) is 0 Å². The summed E-state index contributed by atoms with van der Waals surface area (Å²) in [6.07, 6.45) is -1.40. The highest BCUT2D eigenvalue weighted by Gasteiger charge is 2.17. The molecule has 1 atom stereocenters. The Hall–Kier alpha value is -0.540. The molecule has 0 aliphatic rings. The SMILES string of the molecule is C=C(Cl)C(O)C(=O)OCC. The van der Waals surface area contributed by atoms with Crippen LogP contribution >= 0.6 is 11.6 Å². The van der Waals surface area contributed by atoms with E-state index < -0.39 is 12.1 Å². The second-order valence-corrected chi connectivity index (χ2v) is 2.09. The van der Waals surface area contributed by atoms with Gasteiger partial charge in [-0.05, 0) is 6.92 Å². The van der Waals surface area contributed by atoms with Gasteiger partial charge in [-0.25, -0.2) is 4.79 Å². The molecule has 4 heteroatoms. The first-order valence-corrected chi connectivity index (χ1v) is 3.16. The number of ether oxygens (including phenoxy) is 1. The lowest BCUT2D eigenvalue weighted by Gasteiger charge is -2.05. The first kappa shape index (κ1) is 9.46. The van der Waals surface area contributed by atoms with Crippen molar-refractivity contribution >= 4 is 17.6 Å². The molecule has 1 unspecified atom stereocenters. The lowest BCUT2D eigenvalue weighted by molar-refractivity contribution is -0.150. The van der Waals surface area contributed by atoms with Crippen LogP contribution in [0.3, 0.4) is 0 Å². The molecule has 0 heterocycles. The fourth-order valence-corrected chi connectivity index (χ4v) is 0.438. The van der Waals surface area contributed by atoms with Gasteiger partial charge in [0.05, 0.1) is 11.6 Å². The molecule has 0 aromatic rings. The number of halogens is 1. The predicted octanol–water partition coefficient (Wildman–Crippen LogP) is 0.663. The first-order valence-electron chi connectivity index (χ1n) is 2.78. The molecule has 0 saturated heterocycles. The van der Waals surface area contributed by atoms with E-state index in [-0.39, 0.29) is 11.6 Å². The highest BCUT2D eigenvalue weighted by Crippen LogP contribution is 2.05. The Morgan fingerprint density at radius 3 is 2.70 bits per heavy atom. The Morgan fingerprint density at radius 2 is 2.40 bits per heavy atom. The summed E-state index contributed by atoms with van der Waals surface area (Å²) in [5, 5.41) is 8.69. The summed E-state index contributed by atoms with van der Waals surface area (Å²) in [6, 6.07) is 0. The van der Waals surface area contributed by atoms with Gasteiger partial charge in [-0.1, -0.05) is 18.2 Å². The molecule has 10 heavy (non-hydrogen) atoms. The Balaban J connectivity index is 3.82. The number of hydrogen-bond donors (Lipinski definition) is 1. The maximum absolute atomic E-state index is 10.6. The topological polar surface area (TPSA) is 46.5 Å².